The number of nitriles is 1. The van der Waals surface area contributed by atoms with Crippen LogP contribution in [0.4, 0.5) is 5.69 Å². The highest BCUT2D eigenvalue weighted by Gasteiger charge is 2.08. The Labute approximate surface area is 141 Å². The average molecular weight is 317 g/mol. The van der Waals surface area contributed by atoms with Gasteiger partial charge in [-0.2, -0.15) is 5.26 Å². The predicted octanol–water partition coefficient (Wildman–Crippen LogP) is 4.26. The molecule has 1 heterocycles. The molecule has 0 amide bonds. The number of hydrogen-bond donors (Lipinski definition) is 1. The molecule has 1 aromatic heterocycles. The lowest BCUT2D eigenvalue weighted by Crippen LogP contribution is -2.03. The van der Waals surface area contributed by atoms with Gasteiger partial charge in [0.2, 0.25) is 0 Å². The van der Waals surface area contributed by atoms with E-state index in [2.05, 4.69) is 40.6 Å². The average Bonchev–Trinajstić information content (AvgIpc) is 2.65. The predicted molar refractivity (Wildman–Crippen MR) is 95.6 cm³/mol. The van der Waals surface area contributed by atoms with Crippen molar-refractivity contribution in [1.29, 1.82) is 5.26 Å². The molecule has 0 aliphatic rings. The van der Waals surface area contributed by atoms with Crippen molar-refractivity contribution in [3.05, 3.63) is 71.4 Å². The number of nitrogens with zero attached hydrogens (tertiary/aromatic N) is 2. The van der Waals surface area contributed by atoms with Crippen LogP contribution in [0.25, 0.3) is 10.9 Å². The number of rotatable bonds is 6. The molecule has 120 valence electrons. The van der Waals surface area contributed by atoms with Crippen molar-refractivity contribution in [1.82, 2.24) is 4.98 Å². The quantitative estimate of drug-likeness (QED) is 0.738. The van der Waals surface area contributed by atoms with E-state index in [0.717, 1.165) is 34.3 Å². The van der Waals surface area contributed by atoms with E-state index >= 15 is 0 Å². The Morgan fingerprint density at radius 1 is 1.08 bits per heavy atom. The molecule has 0 aliphatic heterocycles. The van der Waals surface area contributed by atoms with Crippen molar-refractivity contribution >= 4 is 16.6 Å². The fraction of sp³-hybridized carbons (Fsp3) is 0.200. The van der Waals surface area contributed by atoms with E-state index in [0.29, 0.717) is 18.7 Å². The summed E-state index contributed by atoms with van der Waals surface area (Å²) in [4.78, 5) is 4.33. The summed E-state index contributed by atoms with van der Waals surface area (Å²) in [6.07, 6.45) is 1.62. The second-order valence-electron chi connectivity index (χ2n) is 5.48. The van der Waals surface area contributed by atoms with E-state index in [-0.39, 0.29) is 0 Å². The van der Waals surface area contributed by atoms with Crippen molar-refractivity contribution in [2.45, 2.75) is 20.1 Å². The van der Waals surface area contributed by atoms with Crippen LogP contribution in [0.15, 0.2) is 54.7 Å². The van der Waals surface area contributed by atoms with Gasteiger partial charge in [0.05, 0.1) is 23.4 Å². The van der Waals surface area contributed by atoms with E-state index in [1.807, 2.05) is 31.2 Å². The van der Waals surface area contributed by atoms with Crippen LogP contribution in [0.1, 0.15) is 23.6 Å². The molecule has 0 radical (unpaired) electrons. The standard InChI is InChI=1S/C20H19N3O/c1-2-24-14-16-9-7-15(8-10-16)12-23-20-17(11-21)13-22-19-6-4-3-5-18(19)20/h3-10,13H,2,12,14H2,1H3,(H,22,23). The lowest BCUT2D eigenvalue weighted by Gasteiger charge is -2.12. The first-order chi connectivity index (χ1) is 11.8. The van der Waals surface area contributed by atoms with Crippen molar-refractivity contribution in [2.24, 2.45) is 0 Å². The maximum Gasteiger partial charge on any atom is 0.103 e. The van der Waals surface area contributed by atoms with E-state index in [1.165, 1.54) is 0 Å². The molecule has 0 saturated carbocycles. The van der Waals surface area contributed by atoms with Gasteiger partial charge < -0.3 is 10.1 Å². The molecule has 4 nitrogen and oxygen atoms in total. The smallest absolute Gasteiger partial charge is 0.103 e. The number of para-hydroxylation sites is 1. The Morgan fingerprint density at radius 3 is 2.58 bits per heavy atom. The van der Waals surface area contributed by atoms with Gasteiger partial charge in [-0.05, 0) is 24.1 Å². The second-order valence-corrected chi connectivity index (χ2v) is 5.48. The second kappa shape index (κ2) is 7.58. The van der Waals surface area contributed by atoms with Gasteiger partial charge in [0.1, 0.15) is 6.07 Å². The first-order valence-corrected chi connectivity index (χ1v) is 7.99. The van der Waals surface area contributed by atoms with Crippen molar-refractivity contribution in [3.8, 4) is 6.07 Å². The highest BCUT2D eigenvalue weighted by Crippen LogP contribution is 2.25. The van der Waals surface area contributed by atoms with E-state index in [9.17, 15) is 5.26 Å². The highest BCUT2D eigenvalue weighted by molar-refractivity contribution is 5.93. The maximum absolute atomic E-state index is 9.35. The molecular weight excluding hydrogens is 298 g/mol. The lowest BCUT2D eigenvalue weighted by atomic mass is 10.1. The van der Waals surface area contributed by atoms with Crippen molar-refractivity contribution in [3.63, 3.8) is 0 Å². The number of hydrogen-bond acceptors (Lipinski definition) is 4. The number of pyridine rings is 1. The molecule has 0 bridgehead atoms. The summed E-state index contributed by atoms with van der Waals surface area (Å²) in [6.45, 7) is 3.99. The molecule has 3 aromatic rings. The molecule has 1 N–H and O–H groups in total. The zero-order valence-electron chi connectivity index (χ0n) is 13.6. The Kier molecular flexibility index (Phi) is 5.05. The molecular formula is C20H19N3O. The third-order valence-electron chi connectivity index (χ3n) is 3.86. The summed E-state index contributed by atoms with van der Waals surface area (Å²) in [6, 6.07) is 18.4. The molecule has 0 atom stereocenters. The van der Waals surface area contributed by atoms with Crippen LogP contribution in [0.2, 0.25) is 0 Å². The zero-order chi connectivity index (χ0) is 16.8. The topological polar surface area (TPSA) is 57.9 Å². The third-order valence-corrected chi connectivity index (χ3v) is 3.86. The highest BCUT2D eigenvalue weighted by atomic mass is 16.5. The van der Waals surface area contributed by atoms with Gasteiger partial charge in [-0.3, -0.25) is 4.98 Å². The number of anilines is 1. The van der Waals surface area contributed by atoms with Gasteiger partial charge >= 0.3 is 0 Å². The molecule has 2 aromatic carbocycles. The Balaban J connectivity index is 1.79. The number of aromatic nitrogens is 1. The van der Waals surface area contributed by atoms with E-state index in [1.54, 1.807) is 6.20 Å². The normalized spacial score (nSPS) is 10.5. The molecule has 0 fully saturated rings. The van der Waals surface area contributed by atoms with Crippen LogP contribution < -0.4 is 5.32 Å². The first-order valence-electron chi connectivity index (χ1n) is 7.99. The van der Waals surface area contributed by atoms with Gasteiger partial charge in [0.15, 0.2) is 0 Å². The lowest BCUT2D eigenvalue weighted by molar-refractivity contribution is 0.134. The van der Waals surface area contributed by atoms with Crippen LogP contribution in [0, 0.1) is 11.3 Å². The van der Waals surface area contributed by atoms with Crippen LogP contribution >= 0.6 is 0 Å². The fourth-order valence-corrected chi connectivity index (χ4v) is 2.58. The van der Waals surface area contributed by atoms with E-state index in [4.69, 9.17) is 4.74 Å². The molecule has 0 spiro atoms. The summed E-state index contributed by atoms with van der Waals surface area (Å²) in [5.74, 6) is 0. The minimum Gasteiger partial charge on any atom is -0.379 e. The molecule has 0 unspecified atom stereocenters. The van der Waals surface area contributed by atoms with Crippen LogP contribution in [0.3, 0.4) is 0 Å². The SMILES string of the molecule is CCOCc1ccc(CNc2c(C#N)cnc3ccccc23)cc1. The first kappa shape index (κ1) is 16.0. The van der Waals surface area contributed by atoms with Gasteiger partial charge in [-0.1, -0.05) is 42.5 Å². The summed E-state index contributed by atoms with van der Waals surface area (Å²) >= 11 is 0. The Hall–Kier alpha value is -2.90. The molecule has 0 saturated heterocycles. The van der Waals surface area contributed by atoms with Crippen LogP contribution in [-0.4, -0.2) is 11.6 Å². The minimum atomic E-state index is 0.557. The van der Waals surface area contributed by atoms with Crippen molar-refractivity contribution in [2.75, 3.05) is 11.9 Å². The summed E-state index contributed by atoms with van der Waals surface area (Å²) in [5.41, 5.74) is 4.59. The van der Waals surface area contributed by atoms with Crippen LogP contribution in [0.5, 0.6) is 0 Å². The van der Waals surface area contributed by atoms with Crippen molar-refractivity contribution < 1.29 is 4.74 Å². The summed E-state index contributed by atoms with van der Waals surface area (Å²) in [5, 5.41) is 13.7. The number of benzene rings is 2. The zero-order valence-corrected chi connectivity index (χ0v) is 13.6. The Morgan fingerprint density at radius 2 is 1.83 bits per heavy atom. The molecule has 3 rings (SSSR count). The number of ether oxygens (including phenoxy) is 1. The molecule has 24 heavy (non-hydrogen) atoms. The van der Waals surface area contributed by atoms with Gasteiger partial charge in [0, 0.05) is 24.7 Å². The Bertz CT molecular complexity index is 866. The maximum atomic E-state index is 9.35. The monoisotopic (exact) mass is 317 g/mol. The van der Waals surface area contributed by atoms with Crippen LogP contribution in [-0.2, 0) is 17.9 Å². The fourth-order valence-electron chi connectivity index (χ4n) is 2.58. The number of fused-ring (bicyclic) bond motifs is 1. The van der Waals surface area contributed by atoms with Gasteiger partial charge in [0.25, 0.3) is 0 Å². The van der Waals surface area contributed by atoms with Gasteiger partial charge in [-0.15, -0.1) is 0 Å². The third kappa shape index (κ3) is 3.53. The van der Waals surface area contributed by atoms with Gasteiger partial charge in [-0.25, -0.2) is 0 Å². The van der Waals surface area contributed by atoms with E-state index < -0.39 is 0 Å². The largest absolute Gasteiger partial charge is 0.379 e. The minimum absolute atomic E-state index is 0.557. The summed E-state index contributed by atoms with van der Waals surface area (Å²) < 4.78 is 5.41. The molecule has 0 aliphatic carbocycles. The number of nitrogens with one attached hydrogen (secondary N) is 1. The molecule has 4 heteroatoms. The summed E-state index contributed by atoms with van der Waals surface area (Å²) in [7, 11) is 0.